The van der Waals surface area contributed by atoms with E-state index in [0.717, 1.165) is 5.56 Å². The van der Waals surface area contributed by atoms with Gasteiger partial charge in [0.2, 0.25) is 0 Å². The van der Waals surface area contributed by atoms with Gasteiger partial charge in [0.15, 0.2) is 16.7 Å². The maximum atomic E-state index is 12.9. The Labute approximate surface area is 204 Å². The second kappa shape index (κ2) is 10.6. The van der Waals surface area contributed by atoms with Crippen LogP contribution >= 0.6 is 27.7 Å². The molecule has 2 aromatic rings. The van der Waals surface area contributed by atoms with Crippen LogP contribution in [0.3, 0.4) is 0 Å². The van der Waals surface area contributed by atoms with Crippen LogP contribution in [-0.4, -0.2) is 47.3 Å². The van der Waals surface area contributed by atoms with Crippen molar-refractivity contribution >= 4 is 56.5 Å². The van der Waals surface area contributed by atoms with E-state index < -0.39 is 5.97 Å². The predicted molar refractivity (Wildman–Crippen MR) is 133 cm³/mol. The minimum atomic E-state index is -1.02. The third-order valence-electron chi connectivity index (χ3n) is 4.72. The molecule has 9 heteroatoms. The van der Waals surface area contributed by atoms with E-state index in [9.17, 15) is 14.7 Å². The summed E-state index contributed by atoms with van der Waals surface area (Å²) in [5, 5.41) is 9.80. The van der Waals surface area contributed by atoms with Gasteiger partial charge in [0, 0.05) is 11.5 Å². The summed E-state index contributed by atoms with van der Waals surface area (Å²) in [4.78, 5) is 30.7. The molecule has 1 heterocycles. The highest BCUT2D eigenvalue weighted by Gasteiger charge is 2.31. The summed E-state index contributed by atoms with van der Waals surface area (Å²) in [6.07, 6.45) is 7.02. The van der Waals surface area contributed by atoms with E-state index in [0.29, 0.717) is 43.9 Å². The smallest absolute Gasteiger partial charge is 0.336 e. The van der Waals surface area contributed by atoms with Crippen LogP contribution in [-0.2, 0) is 4.79 Å². The first-order valence-corrected chi connectivity index (χ1v) is 11.5. The van der Waals surface area contributed by atoms with Gasteiger partial charge in [0.25, 0.3) is 5.91 Å². The Hall–Kier alpha value is -3.22. The van der Waals surface area contributed by atoms with Gasteiger partial charge in [-0.25, -0.2) is 9.79 Å². The molecule has 33 heavy (non-hydrogen) atoms. The number of hydrogen-bond donors (Lipinski definition) is 1. The monoisotopic (exact) mass is 528 g/mol. The van der Waals surface area contributed by atoms with E-state index in [-0.39, 0.29) is 18.1 Å². The highest BCUT2D eigenvalue weighted by atomic mass is 79.9. The number of aliphatic imine (C=N–C) groups is 1. The van der Waals surface area contributed by atoms with Crippen molar-refractivity contribution in [1.82, 2.24) is 4.90 Å². The number of ether oxygens (including phenoxy) is 2. The lowest BCUT2D eigenvalue weighted by Crippen LogP contribution is -2.23. The first kappa shape index (κ1) is 24.4. The molecule has 7 nitrogen and oxygen atoms in total. The average Bonchev–Trinajstić information content (AvgIpc) is 3.04. The largest absolute Gasteiger partial charge is 0.490 e. The summed E-state index contributed by atoms with van der Waals surface area (Å²) >= 11 is 4.72. The number of terminal acetylenes is 1. The van der Waals surface area contributed by atoms with Crippen molar-refractivity contribution in [2.24, 2.45) is 4.99 Å². The molecular formula is C24H21BrN2O5S. The predicted octanol–water partition coefficient (Wildman–Crippen LogP) is 5.10. The molecule has 0 aromatic heterocycles. The molecule has 0 radical (unpaired) electrons. The maximum absolute atomic E-state index is 12.9. The van der Waals surface area contributed by atoms with Gasteiger partial charge in [-0.15, -0.1) is 6.42 Å². The highest BCUT2D eigenvalue weighted by Crippen LogP contribution is 2.38. The number of carbonyl (C=O) groups excluding carboxylic acids is 1. The third kappa shape index (κ3) is 5.41. The lowest BCUT2D eigenvalue weighted by Gasteiger charge is -2.12. The molecule has 1 aliphatic heterocycles. The molecule has 0 bridgehead atoms. The number of thioether (sulfide) groups is 1. The van der Waals surface area contributed by atoms with Crippen LogP contribution in [0.25, 0.3) is 6.08 Å². The third-order valence-corrected chi connectivity index (χ3v) is 6.46. The van der Waals surface area contributed by atoms with Gasteiger partial charge in [0.05, 0.1) is 22.8 Å². The first-order chi connectivity index (χ1) is 15.8. The molecule has 3 rings (SSSR count). The topological polar surface area (TPSA) is 88.4 Å². The molecule has 1 amide bonds. The fourth-order valence-electron chi connectivity index (χ4n) is 3.03. The van der Waals surface area contributed by atoms with Crippen molar-refractivity contribution < 1.29 is 24.2 Å². The quantitative estimate of drug-likeness (QED) is 0.397. The molecule has 0 saturated carbocycles. The van der Waals surface area contributed by atoms with Crippen LogP contribution in [0, 0.1) is 19.3 Å². The number of carbonyl (C=O) groups is 2. The normalized spacial score (nSPS) is 15.7. The van der Waals surface area contributed by atoms with Gasteiger partial charge in [-0.05, 0) is 67.1 Å². The lowest BCUT2D eigenvalue weighted by molar-refractivity contribution is -0.121. The second-order valence-electron chi connectivity index (χ2n) is 6.87. The van der Waals surface area contributed by atoms with Gasteiger partial charge in [-0.1, -0.05) is 27.9 Å². The SMILES string of the molecule is C#CCOc1cc(Br)c(/C=C2\SC(=Nc3cccc(C(=O)O)c3C)N(C)C2=O)cc1OCC. The fraction of sp³-hybridized carbons (Fsp3) is 0.208. The van der Waals surface area contributed by atoms with Crippen molar-refractivity contribution in [3.05, 3.63) is 56.4 Å². The van der Waals surface area contributed by atoms with E-state index >= 15 is 0 Å². The zero-order chi connectivity index (χ0) is 24.1. The summed E-state index contributed by atoms with van der Waals surface area (Å²) in [5.74, 6) is 2.20. The average molecular weight is 529 g/mol. The van der Waals surface area contributed by atoms with Crippen molar-refractivity contribution in [3.63, 3.8) is 0 Å². The Kier molecular flexibility index (Phi) is 7.84. The van der Waals surface area contributed by atoms with Gasteiger partial charge in [0.1, 0.15) is 6.61 Å². The molecule has 0 atom stereocenters. The van der Waals surface area contributed by atoms with Crippen LogP contribution in [0.2, 0.25) is 0 Å². The Bertz CT molecular complexity index is 1220. The number of carboxylic acids is 1. The summed E-state index contributed by atoms with van der Waals surface area (Å²) in [5.41, 5.74) is 1.92. The Morgan fingerprint density at radius 1 is 1.33 bits per heavy atom. The highest BCUT2D eigenvalue weighted by molar-refractivity contribution is 9.10. The van der Waals surface area contributed by atoms with Crippen molar-refractivity contribution in [1.29, 1.82) is 0 Å². The summed E-state index contributed by atoms with van der Waals surface area (Å²) in [6, 6.07) is 8.39. The van der Waals surface area contributed by atoms with Crippen LogP contribution in [0.4, 0.5) is 5.69 Å². The number of nitrogens with zero attached hydrogens (tertiary/aromatic N) is 2. The second-order valence-corrected chi connectivity index (χ2v) is 8.73. The van der Waals surface area contributed by atoms with Crippen molar-refractivity contribution in [2.45, 2.75) is 13.8 Å². The van der Waals surface area contributed by atoms with Crippen molar-refractivity contribution in [2.75, 3.05) is 20.3 Å². The number of rotatable bonds is 7. The van der Waals surface area contributed by atoms with Crippen LogP contribution < -0.4 is 9.47 Å². The van der Waals surface area contributed by atoms with E-state index in [1.54, 1.807) is 44.3 Å². The van der Waals surface area contributed by atoms with Crippen molar-refractivity contribution in [3.8, 4) is 23.8 Å². The van der Waals surface area contributed by atoms with Gasteiger partial charge < -0.3 is 14.6 Å². The van der Waals surface area contributed by atoms with Gasteiger partial charge in [-0.3, -0.25) is 9.69 Å². The number of halogens is 1. The molecule has 170 valence electrons. The van der Waals surface area contributed by atoms with E-state index in [2.05, 4.69) is 26.8 Å². The van der Waals surface area contributed by atoms with Gasteiger partial charge in [-0.2, -0.15) is 0 Å². The molecule has 0 aliphatic carbocycles. The molecule has 1 fully saturated rings. The zero-order valence-corrected chi connectivity index (χ0v) is 20.6. The number of amidine groups is 1. The number of hydrogen-bond acceptors (Lipinski definition) is 6. The minimum Gasteiger partial charge on any atom is -0.490 e. The molecule has 0 spiro atoms. The Morgan fingerprint density at radius 2 is 2.06 bits per heavy atom. The lowest BCUT2D eigenvalue weighted by atomic mass is 10.1. The first-order valence-electron chi connectivity index (χ1n) is 9.88. The molecule has 0 unspecified atom stereocenters. The van der Waals surface area contributed by atoms with E-state index in [1.807, 2.05) is 6.92 Å². The Morgan fingerprint density at radius 3 is 2.73 bits per heavy atom. The number of benzene rings is 2. The molecule has 1 saturated heterocycles. The summed E-state index contributed by atoms with van der Waals surface area (Å²) < 4.78 is 11.9. The van der Waals surface area contributed by atoms with Crippen LogP contribution in [0.15, 0.2) is 44.7 Å². The number of aromatic carboxylic acids is 1. The number of amides is 1. The molecule has 1 N–H and O–H groups in total. The summed E-state index contributed by atoms with van der Waals surface area (Å²) in [7, 11) is 1.63. The van der Waals surface area contributed by atoms with Crippen LogP contribution in [0.1, 0.15) is 28.4 Å². The van der Waals surface area contributed by atoms with E-state index in [4.69, 9.17) is 15.9 Å². The van der Waals surface area contributed by atoms with Gasteiger partial charge >= 0.3 is 5.97 Å². The fourth-order valence-corrected chi connectivity index (χ4v) is 4.44. The zero-order valence-electron chi connectivity index (χ0n) is 18.2. The summed E-state index contributed by atoms with van der Waals surface area (Å²) in [6.45, 7) is 4.10. The molecule has 2 aromatic carbocycles. The molecule has 1 aliphatic rings. The van der Waals surface area contributed by atoms with Crippen LogP contribution in [0.5, 0.6) is 11.5 Å². The number of likely N-dealkylation sites (N-methyl/N-ethyl adjacent to an activating group) is 1. The minimum absolute atomic E-state index is 0.106. The molecular weight excluding hydrogens is 508 g/mol. The Balaban J connectivity index is 1.97. The number of carboxylic acid groups (broad SMARTS) is 1. The standard InChI is InChI=1S/C24H21BrN2O5S/c1-5-10-32-20-13-17(25)15(11-19(20)31-6-2)12-21-22(28)27(4)24(33-21)26-18-9-7-8-16(14(18)3)23(29)30/h1,7-9,11-13H,6,10H2,2-4H3,(H,29,30)/b21-12-,26-24?. The maximum Gasteiger partial charge on any atom is 0.336 e. The van der Waals surface area contributed by atoms with E-state index in [1.165, 1.54) is 22.7 Å².